The third-order valence-corrected chi connectivity index (χ3v) is 9.48. The molecule has 233 valence electrons. The van der Waals surface area contributed by atoms with Crippen LogP contribution in [0.1, 0.15) is 59.0 Å². The zero-order chi connectivity index (χ0) is 31.1. The van der Waals surface area contributed by atoms with E-state index in [2.05, 4.69) is 26.6 Å². The predicted molar refractivity (Wildman–Crippen MR) is 167 cm³/mol. The Hall–Kier alpha value is -4.08. The monoisotopic (exact) mass is 613 g/mol. The Kier molecular flexibility index (Phi) is 7.91. The first-order valence-electron chi connectivity index (χ1n) is 15.6. The van der Waals surface area contributed by atoms with Crippen LogP contribution >= 0.6 is 0 Å². The minimum Gasteiger partial charge on any atom is -0.496 e. The van der Waals surface area contributed by atoms with E-state index >= 15 is 0 Å². The summed E-state index contributed by atoms with van der Waals surface area (Å²) in [7, 11) is 1.42. The number of hydrogen-bond donors (Lipinski definition) is 0. The molecule has 1 amide bonds. The van der Waals surface area contributed by atoms with Crippen LogP contribution in [-0.2, 0) is 12.7 Å². The van der Waals surface area contributed by atoms with Crippen LogP contribution in [-0.4, -0.2) is 59.6 Å². The molecular formula is C36H36F3N4O2. The van der Waals surface area contributed by atoms with Crippen molar-refractivity contribution < 1.29 is 22.7 Å². The van der Waals surface area contributed by atoms with Crippen molar-refractivity contribution >= 4 is 11.6 Å². The first kappa shape index (κ1) is 29.6. The van der Waals surface area contributed by atoms with Crippen LogP contribution in [0.5, 0.6) is 5.75 Å². The van der Waals surface area contributed by atoms with Gasteiger partial charge in [0.2, 0.25) is 0 Å². The van der Waals surface area contributed by atoms with Crippen LogP contribution in [0.4, 0.5) is 18.9 Å². The Morgan fingerprint density at radius 3 is 2.51 bits per heavy atom. The minimum atomic E-state index is -4.54. The van der Waals surface area contributed by atoms with Crippen LogP contribution < -0.4 is 9.64 Å². The second kappa shape index (κ2) is 12.0. The number of methoxy groups -OCH3 is 1. The summed E-state index contributed by atoms with van der Waals surface area (Å²) in [5.74, 6) is -0.0233. The molecule has 6 nitrogen and oxygen atoms in total. The lowest BCUT2D eigenvalue weighted by atomic mass is 9.96. The molecule has 7 rings (SSSR count). The van der Waals surface area contributed by atoms with Gasteiger partial charge in [0.25, 0.3) is 5.91 Å². The van der Waals surface area contributed by atoms with Crippen molar-refractivity contribution in [1.82, 2.24) is 14.4 Å². The summed E-state index contributed by atoms with van der Waals surface area (Å²) in [6.45, 7) is 4.62. The molecule has 0 aliphatic carbocycles. The van der Waals surface area contributed by atoms with Crippen molar-refractivity contribution in [2.75, 3.05) is 38.2 Å². The second-order valence-corrected chi connectivity index (χ2v) is 12.2. The van der Waals surface area contributed by atoms with Crippen molar-refractivity contribution in [3.63, 3.8) is 0 Å². The fraction of sp³-hybridized carbons (Fsp3) is 0.361. The van der Waals surface area contributed by atoms with E-state index in [9.17, 15) is 18.0 Å². The number of carbonyl (C=O) groups excluding carboxylic acids is 1. The van der Waals surface area contributed by atoms with Crippen LogP contribution in [0, 0.1) is 6.20 Å². The van der Waals surface area contributed by atoms with Gasteiger partial charge in [-0.2, -0.15) is 13.2 Å². The van der Waals surface area contributed by atoms with E-state index in [1.165, 1.54) is 32.1 Å². The summed E-state index contributed by atoms with van der Waals surface area (Å²) < 4.78 is 49.5. The highest BCUT2D eigenvalue weighted by atomic mass is 19.4. The number of rotatable bonds is 6. The van der Waals surface area contributed by atoms with E-state index in [0.29, 0.717) is 12.1 Å². The third kappa shape index (κ3) is 5.53. The number of hydrogen-bond acceptors (Lipinski definition) is 4. The van der Waals surface area contributed by atoms with Gasteiger partial charge < -0.3 is 14.2 Å². The third-order valence-electron chi connectivity index (χ3n) is 9.48. The van der Waals surface area contributed by atoms with Gasteiger partial charge in [0, 0.05) is 30.3 Å². The molecule has 0 spiro atoms. The largest absolute Gasteiger partial charge is 0.496 e. The summed E-state index contributed by atoms with van der Waals surface area (Å²) in [6, 6.07) is 22.4. The number of ether oxygens (including phenoxy) is 1. The quantitative estimate of drug-likeness (QED) is 0.230. The number of benzene rings is 3. The van der Waals surface area contributed by atoms with Crippen molar-refractivity contribution in [1.29, 1.82) is 0 Å². The Morgan fingerprint density at radius 2 is 1.71 bits per heavy atom. The van der Waals surface area contributed by atoms with Gasteiger partial charge in [-0.15, -0.1) is 0 Å². The number of amides is 1. The van der Waals surface area contributed by atoms with E-state index in [1.54, 1.807) is 24.3 Å². The van der Waals surface area contributed by atoms with Gasteiger partial charge in [-0.1, -0.05) is 36.4 Å². The number of anilines is 1. The summed E-state index contributed by atoms with van der Waals surface area (Å²) >= 11 is 0. The molecule has 45 heavy (non-hydrogen) atoms. The maximum absolute atomic E-state index is 14.8. The van der Waals surface area contributed by atoms with Crippen molar-refractivity contribution in [2.45, 2.75) is 50.6 Å². The summed E-state index contributed by atoms with van der Waals surface area (Å²) in [4.78, 5) is 21.7. The molecule has 3 aliphatic heterocycles. The molecule has 0 saturated carbocycles. The van der Waals surface area contributed by atoms with Gasteiger partial charge in [0.15, 0.2) is 0 Å². The van der Waals surface area contributed by atoms with Crippen LogP contribution in [0.3, 0.4) is 0 Å². The van der Waals surface area contributed by atoms with Gasteiger partial charge >= 0.3 is 6.18 Å². The van der Waals surface area contributed by atoms with Crippen LogP contribution in [0.25, 0.3) is 11.1 Å². The van der Waals surface area contributed by atoms with Gasteiger partial charge in [0.1, 0.15) is 11.9 Å². The summed E-state index contributed by atoms with van der Waals surface area (Å²) in [5.41, 5.74) is 2.70. The molecule has 4 aromatic rings. The number of carbonyl (C=O) groups is 1. The van der Waals surface area contributed by atoms with E-state index in [1.807, 2.05) is 35.2 Å². The highest BCUT2D eigenvalue weighted by molar-refractivity contribution is 6.07. The van der Waals surface area contributed by atoms with Crippen molar-refractivity contribution in [2.24, 2.45) is 0 Å². The molecule has 3 aliphatic rings. The smallest absolute Gasteiger partial charge is 0.417 e. The molecule has 2 atom stereocenters. The molecule has 2 fully saturated rings. The van der Waals surface area contributed by atoms with E-state index in [0.717, 1.165) is 62.0 Å². The van der Waals surface area contributed by atoms with Gasteiger partial charge in [-0.25, -0.2) is 0 Å². The van der Waals surface area contributed by atoms with E-state index in [-0.39, 0.29) is 35.0 Å². The lowest BCUT2D eigenvalue weighted by Crippen LogP contribution is -2.49. The topological polar surface area (TPSA) is 41.0 Å². The number of nitrogens with zero attached hydrogens (tertiary/aromatic N) is 4. The first-order valence-corrected chi connectivity index (χ1v) is 15.6. The molecule has 3 aromatic carbocycles. The van der Waals surface area contributed by atoms with Crippen molar-refractivity contribution in [3.05, 3.63) is 107 Å². The first-order chi connectivity index (χ1) is 21.8. The molecule has 0 bridgehead atoms. The molecule has 1 aromatic heterocycles. The number of alkyl halides is 3. The Morgan fingerprint density at radius 1 is 0.933 bits per heavy atom. The zero-order valence-electron chi connectivity index (χ0n) is 25.3. The number of para-hydroxylation sites is 1. The van der Waals surface area contributed by atoms with Gasteiger partial charge in [-0.3, -0.25) is 14.6 Å². The fourth-order valence-electron chi connectivity index (χ4n) is 7.38. The average Bonchev–Trinajstić information content (AvgIpc) is 3.82. The fourth-order valence-corrected chi connectivity index (χ4v) is 7.38. The lowest BCUT2D eigenvalue weighted by Gasteiger charge is -2.41. The second-order valence-electron chi connectivity index (χ2n) is 12.2. The number of aromatic nitrogens is 1. The highest BCUT2D eigenvalue weighted by Crippen LogP contribution is 2.43. The molecular weight excluding hydrogens is 577 g/mol. The van der Waals surface area contributed by atoms with E-state index in [4.69, 9.17) is 4.74 Å². The van der Waals surface area contributed by atoms with Crippen molar-refractivity contribution in [3.8, 4) is 16.9 Å². The predicted octanol–water partition coefficient (Wildman–Crippen LogP) is 7.25. The number of halogens is 3. The number of fused-ring (bicyclic) bond motifs is 2. The lowest BCUT2D eigenvalue weighted by molar-refractivity contribution is -0.137. The molecule has 1 radical (unpaired) electrons. The van der Waals surface area contributed by atoms with Crippen LogP contribution in [0.2, 0.25) is 0 Å². The van der Waals surface area contributed by atoms with Gasteiger partial charge in [-0.05, 0) is 92.4 Å². The van der Waals surface area contributed by atoms with Gasteiger partial charge in [0.05, 0.1) is 36.8 Å². The molecule has 0 N–H and O–H groups in total. The summed E-state index contributed by atoms with van der Waals surface area (Å²) in [5, 5.41) is 0. The zero-order valence-corrected chi connectivity index (χ0v) is 25.3. The highest BCUT2D eigenvalue weighted by Gasteiger charge is 2.42. The molecule has 9 heteroatoms. The standard InChI is InChI=1S/C36H36F3N4O2/c1-45-33-22-25(16-17-29(33)28-12-3-4-13-30(28)36(37,38)39)35(44)43-31-14-5-2-10-26(31)23-41-20-9-15-32(41)34(43)42-21-8-11-27(42)24-40-18-6-7-19-40/h2-5,9-10,12-17,22,27,34H,6-8,11,18-19,21,23-24H2,1H3/t27-,34?/m0/s1. The SMILES string of the molecule is COc1cc(C(=O)N2c3ccccc3Cn3[c]ccc3C2N2CCC[C@H]2CN2CCCC2)ccc1-c1ccccc1C(F)(F)F. The molecule has 1 unspecified atom stereocenters. The minimum absolute atomic E-state index is 0.00836. The average molecular weight is 614 g/mol. The normalized spacial score (nSPS) is 20.6. The van der Waals surface area contributed by atoms with E-state index < -0.39 is 11.7 Å². The number of likely N-dealkylation sites (tertiary alicyclic amines) is 2. The Labute approximate surface area is 261 Å². The molecule has 4 heterocycles. The maximum atomic E-state index is 14.8. The van der Waals surface area contributed by atoms with Crippen LogP contribution in [0.15, 0.2) is 78.9 Å². The molecule has 2 saturated heterocycles. The Bertz CT molecular complexity index is 1690. The Balaban J connectivity index is 1.33. The summed E-state index contributed by atoms with van der Waals surface area (Å²) in [6.07, 6.45) is 3.00. The maximum Gasteiger partial charge on any atom is 0.417 e.